The molecule has 0 radical (unpaired) electrons. The predicted molar refractivity (Wildman–Crippen MR) is 64.8 cm³/mol. The average molecular weight is 241 g/mol. The number of carbonyl (C=O) groups is 1. The molecule has 98 valence electrons. The second-order valence-corrected chi connectivity index (χ2v) is 5.17. The molecule has 0 aromatic heterocycles. The Labute approximate surface area is 103 Å². The zero-order valence-corrected chi connectivity index (χ0v) is 10.9. The van der Waals surface area contributed by atoms with E-state index in [0.29, 0.717) is 12.6 Å². The summed E-state index contributed by atoms with van der Waals surface area (Å²) in [5.74, 6) is -0.138. The first-order valence-electron chi connectivity index (χ1n) is 6.64. The van der Waals surface area contributed by atoms with Crippen molar-refractivity contribution in [3.8, 4) is 0 Å². The van der Waals surface area contributed by atoms with Gasteiger partial charge in [0, 0.05) is 12.6 Å². The maximum Gasteiger partial charge on any atom is 0.319 e. The minimum atomic E-state index is -0.138. The second kappa shape index (κ2) is 5.36. The Hall–Kier alpha value is -0.610. The third kappa shape index (κ3) is 2.80. The number of methoxy groups -OCH3 is 1. The van der Waals surface area contributed by atoms with E-state index in [9.17, 15) is 4.79 Å². The van der Waals surface area contributed by atoms with E-state index in [-0.39, 0.29) is 11.6 Å². The number of hydrogen-bond donors (Lipinski definition) is 0. The summed E-state index contributed by atoms with van der Waals surface area (Å²) in [7, 11) is 1.45. The number of esters is 1. The SMILES string of the molecule is CCN(CC(=O)OC)C1CCOC2(CCC2)C1. The number of ether oxygens (including phenoxy) is 2. The molecular formula is C13H23NO3. The van der Waals surface area contributed by atoms with Gasteiger partial charge < -0.3 is 9.47 Å². The van der Waals surface area contributed by atoms with Gasteiger partial charge in [0.05, 0.1) is 19.3 Å². The average Bonchev–Trinajstić information content (AvgIpc) is 2.33. The summed E-state index contributed by atoms with van der Waals surface area (Å²) in [6.45, 7) is 4.25. The van der Waals surface area contributed by atoms with Gasteiger partial charge in [-0.3, -0.25) is 9.69 Å². The molecule has 0 aromatic carbocycles. The van der Waals surface area contributed by atoms with Crippen LogP contribution < -0.4 is 0 Å². The van der Waals surface area contributed by atoms with Crippen molar-refractivity contribution in [2.45, 2.75) is 50.7 Å². The van der Waals surface area contributed by atoms with Gasteiger partial charge in [0.15, 0.2) is 0 Å². The fourth-order valence-electron chi connectivity index (χ4n) is 2.96. The molecule has 4 heteroatoms. The molecule has 1 unspecified atom stereocenters. The lowest BCUT2D eigenvalue weighted by Crippen LogP contribution is -2.53. The lowest BCUT2D eigenvalue weighted by atomic mass is 9.73. The second-order valence-electron chi connectivity index (χ2n) is 5.17. The number of rotatable bonds is 4. The maximum atomic E-state index is 11.4. The highest BCUT2D eigenvalue weighted by Gasteiger charge is 2.43. The molecule has 1 atom stereocenters. The van der Waals surface area contributed by atoms with E-state index in [1.165, 1.54) is 26.4 Å². The van der Waals surface area contributed by atoms with E-state index in [0.717, 1.165) is 26.0 Å². The predicted octanol–water partition coefficient (Wildman–Crippen LogP) is 1.58. The molecule has 1 saturated carbocycles. The summed E-state index contributed by atoms with van der Waals surface area (Å²) >= 11 is 0. The molecule has 2 fully saturated rings. The fourth-order valence-corrected chi connectivity index (χ4v) is 2.96. The molecule has 2 aliphatic rings. The smallest absolute Gasteiger partial charge is 0.319 e. The molecule has 0 bridgehead atoms. The molecule has 1 heterocycles. The van der Waals surface area contributed by atoms with Gasteiger partial charge in [-0.25, -0.2) is 0 Å². The summed E-state index contributed by atoms with van der Waals surface area (Å²) in [4.78, 5) is 13.6. The summed E-state index contributed by atoms with van der Waals surface area (Å²) in [5.41, 5.74) is 0.145. The van der Waals surface area contributed by atoms with E-state index in [4.69, 9.17) is 9.47 Å². The molecule has 0 N–H and O–H groups in total. The highest BCUT2D eigenvalue weighted by Crippen LogP contribution is 2.43. The maximum absolute atomic E-state index is 11.4. The van der Waals surface area contributed by atoms with Crippen molar-refractivity contribution in [3.63, 3.8) is 0 Å². The Morgan fingerprint density at radius 3 is 2.82 bits per heavy atom. The summed E-state index contributed by atoms with van der Waals surface area (Å²) in [6.07, 6.45) is 5.79. The van der Waals surface area contributed by atoms with E-state index >= 15 is 0 Å². The Bertz CT molecular complexity index is 276. The molecule has 17 heavy (non-hydrogen) atoms. The largest absolute Gasteiger partial charge is 0.468 e. The minimum absolute atomic E-state index is 0.138. The van der Waals surface area contributed by atoms with Crippen LogP contribution in [-0.2, 0) is 14.3 Å². The van der Waals surface area contributed by atoms with Crippen LogP contribution in [0.1, 0.15) is 39.0 Å². The third-order valence-electron chi connectivity index (χ3n) is 4.21. The van der Waals surface area contributed by atoms with E-state index in [1.54, 1.807) is 0 Å². The first kappa shape index (κ1) is 12.8. The van der Waals surface area contributed by atoms with Crippen LogP contribution in [0.4, 0.5) is 0 Å². The van der Waals surface area contributed by atoms with Gasteiger partial charge >= 0.3 is 5.97 Å². The van der Waals surface area contributed by atoms with Gasteiger partial charge in [0.2, 0.25) is 0 Å². The minimum Gasteiger partial charge on any atom is -0.468 e. The lowest BCUT2D eigenvalue weighted by Gasteiger charge is -2.49. The quantitative estimate of drug-likeness (QED) is 0.701. The Morgan fingerprint density at radius 1 is 1.53 bits per heavy atom. The van der Waals surface area contributed by atoms with Crippen molar-refractivity contribution in [3.05, 3.63) is 0 Å². The van der Waals surface area contributed by atoms with Crippen LogP contribution in [-0.4, -0.2) is 49.3 Å². The van der Waals surface area contributed by atoms with Gasteiger partial charge in [-0.2, -0.15) is 0 Å². The van der Waals surface area contributed by atoms with Crippen molar-refractivity contribution in [2.75, 3.05) is 26.8 Å². The van der Waals surface area contributed by atoms with Gasteiger partial charge in [0.25, 0.3) is 0 Å². The third-order valence-corrected chi connectivity index (χ3v) is 4.21. The van der Waals surface area contributed by atoms with E-state index < -0.39 is 0 Å². The van der Waals surface area contributed by atoms with Crippen LogP contribution in [0.3, 0.4) is 0 Å². The van der Waals surface area contributed by atoms with Crippen LogP contribution in [0, 0.1) is 0 Å². The van der Waals surface area contributed by atoms with Crippen molar-refractivity contribution >= 4 is 5.97 Å². The highest BCUT2D eigenvalue weighted by molar-refractivity contribution is 5.71. The summed E-state index contributed by atoms with van der Waals surface area (Å²) < 4.78 is 10.7. The van der Waals surface area contributed by atoms with Gasteiger partial charge in [0.1, 0.15) is 0 Å². The van der Waals surface area contributed by atoms with E-state index in [2.05, 4.69) is 11.8 Å². The molecule has 1 aliphatic carbocycles. The molecular weight excluding hydrogens is 218 g/mol. The van der Waals surface area contributed by atoms with Crippen LogP contribution in [0.15, 0.2) is 0 Å². The standard InChI is InChI=1S/C13H23NO3/c1-3-14(10-12(15)16-2)11-5-8-17-13(9-11)6-4-7-13/h11H,3-10H2,1-2H3. The molecule has 1 spiro atoms. The Kier molecular flexibility index (Phi) is 4.05. The van der Waals surface area contributed by atoms with Crippen molar-refractivity contribution in [2.24, 2.45) is 0 Å². The van der Waals surface area contributed by atoms with Crippen LogP contribution in [0.2, 0.25) is 0 Å². The number of likely N-dealkylation sites (N-methyl/N-ethyl adjacent to an activating group) is 1. The molecule has 0 aromatic rings. The fraction of sp³-hybridized carbons (Fsp3) is 0.923. The monoisotopic (exact) mass is 241 g/mol. The zero-order valence-electron chi connectivity index (χ0n) is 10.9. The number of carbonyl (C=O) groups excluding carboxylic acids is 1. The topological polar surface area (TPSA) is 38.8 Å². The normalized spacial score (nSPS) is 26.9. The van der Waals surface area contributed by atoms with Crippen molar-refractivity contribution in [1.29, 1.82) is 0 Å². The van der Waals surface area contributed by atoms with E-state index in [1.807, 2.05) is 0 Å². The highest BCUT2D eigenvalue weighted by atomic mass is 16.5. The van der Waals surface area contributed by atoms with Crippen molar-refractivity contribution < 1.29 is 14.3 Å². The van der Waals surface area contributed by atoms with Gasteiger partial charge in [-0.1, -0.05) is 6.92 Å². The first-order valence-corrected chi connectivity index (χ1v) is 6.64. The molecule has 2 rings (SSSR count). The number of nitrogens with zero attached hydrogens (tertiary/aromatic N) is 1. The molecule has 4 nitrogen and oxygen atoms in total. The van der Waals surface area contributed by atoms with Crippen LogP contribution in [0.25, 0.3) is 0 Å². The van der Waals surface area contributed by atoms with Gasteiger partial charge in [-0.05, 0) is 38.6 Å². The van der Waals surface area contributed by atoms with Crippen LogP contribution >= 0.6 is 0 Å². The summed E-state index contributed by atoms with van der Waals surface area (Å²) in [5, 5.41) is 0. The molecule has 0 amide bonds. The summed E-state index contributed by atoms with van der Waals surface area (Å²) in [6, 6.07) is 0.480. The first-order chi connectivity index (χ1) is 8.19. The zero-order chi connectivity index (χ0) is 12.3. The lowest BCUT2D eigenvalue weighted by molar-refractivity contribution is -0.156. The molecule has 1 saturated heterocycles. The number of hydrogen-bond acceptors (Lipinski definition) is 4. The Balaban J connectivity index is 1.92. The molecule has 1 aliphatic heterocycles. The van der Waals surface area contributed by atoms with Crippen LogP contribution in [0.5, 0.6) is 0 Å². The Morgan fingerprint density at radius 2 is 2.29 bits per heavy atom. The van der Waals surface area contributed by atoms with Gasteiger partial charge in [-0.15, -0.1) is 0 Å². The van der Waals surface area contributed by atoms with Crippen molar-refractivity contribution in [1.82, 2.24) is 4.90 Å².